The Labute approximate surface area is 146 Å². The van der Waals surface area contributed by atoms with E-state index < -0.39 is 24.3 Å². The lowest BCUT2D eigenvalue weighted by Crippen LogP contribution is -2.21. The topological polar surface area (TPSA) is 64.6 Å². The van der Waals surface area contributed by atoms with Crippen LogP contribution in [0.2, 0.25) is 0 Å². The quantitative estimate of drug-likeness (QED) is 0.755. The number of ether oxygens (including phenoxy) is 2. The summed E-state index contributed by atoms with van der Waals surface area (Å²) in [5.41, 5.74) is 0.307. The lowest BCUT2D eigenvalue weighted by atomic mass is 10.2. The first-order valence-electron chi connectivity index (χ1n) is 7.14. The van der Waals surface area contributed by atoms with Crippen molar-refractivity contribution in [2.24, 2.45) is 0 Å². The van der Waals surface area contributed by atoms with Crippen molar-refractivity contribution < 1.29 is 23.5 Å². The maximum absolute atomic E-state index is 13.6. The molecule has 24 heavy (non-hydrogen) atoms. The molecule has 0 fully saturated rings. The average Bonchev–Trinajstić information content (AvgIpc) is 2.56. The summed E-state index contributed by atoms with van der Waals surface area (Å²) in [6.45, 7) is 1.87. The van der Waals surface area contributed by atoms with E-state index in [1.54, 1.807) is 30.3 Å². The van der Waals surface area contributed by atoms with Crippen molar-refractivity contribution in [3.8, 4) is 5.75 Å². The van der Waals surface area contributed by atoms with Gasteiger partial charge in [0.1, 0.15) is 11.6 Å². The standard InChI is InChI=1S/C17H15BrFNO4/c1-2-23-13-6-3-11(4-7-13)17(22)24-10-16(21)20-15-8-5-12(18)9-14(15)19/h3-9H,2,10H2,1H3,(H,20,21). The van der Waals surface area contributed by atoms with Gasteiger partial charge in [-0.1, -0.05) is 15.9 Å². The lowest BCUT2D eigenvalue weighted by molar-refractivity contribution is -0.119. The van der Waals surface area contributed by atoms with Gasteiger partial charge in [0.05, 0.1) is 17.9 Å². The van der Waals surface area contributed by atoms with Crippen LogP contribution >= 0.6 is 15.9 Å². The van der Waals surface area contributed by atoms with Gasteiger partial charge in [0, 0.05) is 4.47 Å². The SMILES string of the molecule is CCOc1ccc(C(=O)OCC(=O)Nc2ccc(Br)cc2F)cc1. The molecule has 0 heterocycles. The van der Waals surface area contributed by atoms with Crippen LogP contribution in [0.15, 0.2) is 46.9 Å². The summed E-state index contributed by atoms with van der Waals surface area (Å²) in [6.07, 6.45) is 0. The fourth-order valence-corrected chi connectivity index (χ4v) is 2.18. The van der Waals surface area contributed by atoms with Crippen molar-refractivity contribution in [1.82, 2.24) is 0 Å². The molecule has 1 N–H and O–H groups in total. The Kier molecular flexibility index (Phi) is 6.31. The third-order valence-corrected chi connectivity index (χ3v) is 3.43. The highest BCUT2D eigenvalue weighted by Crippen LogP contribution is 2.19. The van der Waals surface area contributed by atoms with Gasteiger partial charge in [0.15, 0.2) is 6.61 Å². The Morgan fingerprint density at radius 2 is 1.88 bits per heavy atom. The smallest absolute Gasteiger partial charge is 0.338 e. The van der Waals surface area contributed by atoms with E-state index in [0.29, 0.717) is 22.4 Å². The summed E-state index contributed by atoms with van der Waals surface area (Å²) >= 11 is 3.12. The zero-order valence-corrected chi connectivity index (χ0v) is 14.4. The molecule has 1 amide bonds. The zero-order chi connectivity index (χ0) is 17.5. The van der Waals surface area contributed by atoms with Crippen LogP contribution in [0.1, 0.15) is 17.3 Å². The number of hydrogen-bond acceptors (Lipinski definition) is 4. The fraction of sp³-hybridized carbons (Fsp3) is 0.176. The van der Waals surface area contributed by atoms with Crippen LogP contribution in [0, 0.1) is 5.82 Å². The molecule has 2 aromatic rings. The van der Waals surface area contributed by atoms with E-state index in [2.05, 4.69) is 21.2 Å². The number of carbonyl (C=O) groups is 2. The van der Waals surface area contributed by atoms with Crippen LogP contribution in [0.25, 0.3) is 0 Å². The first-order chi connectivity index (χ1) is 11.5. The Morgan fingerprint density at radius 3 is 2.50 bits per heavy atom. The van der Waals surface area contributed by atoms with Gasteiger partial charge in [-0.2, -0.15) is 0 Å². The number of rotatable bonds is 6. The molecular formula is C17H15BrFNO4. The van der Waals surface area contributed by atoms with E-state index in [1.807, 2.05) is 6.92 Å². The monoisotopic (exact) mass is 395 g/mol. The maximum atomic E-state index is 13.6. The summed E-state index contributed by atoms with van der Waals surface area (Å²) < 4.78 is 24.3. The Morgan fingerprint density at radius 1 is 1.17 bits per heavy atom. The van der Waals surface area contributed by atoms with Crippen molar-refractivity contribution in [2.45, 2.75) is 6.92 Å². The van der Waals surface area contributed by atoms with Gasteiger partial charge in [-0.25, -0.2) is 9.18 Å². The number of halogens is 2. The van der Waals surface area contributed by atoms with Gasteiger partial charge in [-0.05, 0) is 49.4 Å². The molecule has 0 bridgehead atoms. The van der Waals surface area contributed by atoms with Crippen molar-refractivity contribution in [2.75, 3.05) is 18.5 Å². The number of carbonyl (C=O) groups excluding carboxylic acids is 2. The molecule has 126 valence electrons. The number of nitrogens with one attached hydrogen (secondary N) is 1. The summed E-state index contributed by atoms with van der Waals surface area (Å²) in [4.78, 5) is 23.6. The van der Waals surface area contributed by atoms with Gasteiger partial charge in [-0.15, -0.1) is 0 Å². The van der Waals surface area contributed by atoms with Crippen LogP contribution in [0.4, 0.5) is 10.1 Å². The molecule has 0 aliphatic rings. The largest absolute Gasteiger partial charge is 0.494 e. The number of benzene rings is 2. The van der Waals surface area contributed by atoms with Gasteiger partial charge in [0.25, 0.3) is 5.91 Å². The van der Waals surface area contributed by atoms with Crippen LogP contribution in [-0.2, 0) is 9.53 Å². The van der Waals surface area contributed by atoms with Crippen molar-refractivity contribution in [3.05, 3.63) is 58.3 Å². The van der Waals surface area contributed by atoms with Crippen LogP contribution in [-0.4, -0.2) is 25.1 Å². The third kappa shape index (κ3) is 5.06. The van der Waals surface area contributed by atoms with Gasteiger partial charge in [-0.3, -0.25) is 4.79 Å². The number of anilines is 1. The fourth-order valence-electron chi connectivity index (χ4n) is 1.85. The molecule has 0 saturated carbocycles. The summed E-state index contributed by atoms with van der Waals surface area (Å²) in [5, 5.41) is 2.34. The van der Waals surface area contributed by atoms with E-state index in [1.165, 1.54) is 12.1 Å². The molecular weight excluding hydrogens is 381 g/mol. The highest BCUT2D eigenvalue weighted by molar-refractivity contribution is 9.10. The molecule has 0 radical (unpaired) electrons. The number of hydrogen-bond donors (Lipinski definition) is 1. The Hall–Kier alpha value is -2.41. The maximum Gasteiger partial charge on any atom is 0.338 e. The highest BCUT2D eigenvalue weighted by Gasteiger charge is 2.12. The number of amides is 1. The molecule has 0 unspecified atom stereocenters. The first-order valence-corrected chi connectivity index (χ1v) is 7.93. The Bertz CT molecular complexity index is 734. The minimum Gasteiger partial charge on any atom is -0.494 e. The first kappa shape index (κ1) is 17.9. The minimum absolute atomic E-state index is 0.0142. The highest BCUT2D eigenvalue weighted by atomic mass is 79.9. The van der Waals surface area contributed by atoms with E-state index in [4.69, 9.17) is 9.47 Å². The zero-order valence-electron chi connectivity index (χ0n) is 12.8. The number of esters is 1. The summed E-state index contributed by atoms with van der Waals surface area (Å²) in [6, 6.07) is 10.6. The predicted molar refractivity (Wildman–Crippen MR) is 90.6 cm³/mol. The van der Waals surface area contributed by atoms with Gasteiger partial charge in [0.2, 0.25) is 0 Å². The molecule has 7 heteroatoms. The van der Waals surface area contributed by atoms with Crippen LogP contribution in [0.3, 0.4) is 0 Å². The molecule has 0 saturated heterocycles. The molecule has 0 aromatic heterocycles. The van der Waals surface area contributed by atoms with E-state index in [9.17, 15) is 14.0 Å². The second kappa shape index (κ2) is 8.44. The molecule has 2 aromatic carbocycles. The van der Waals surface area contributed by atoms with Crippen molar-refractivity contribution >= 4 is 33.5 Å². The minimum atomic E-state index is -0.649. The molecule has 5 nitrogen and oxygen atoms in total. The van der Waals surface area contributed by atoms with E-state index >= 15 is 0 Å². The lowest BCUT2D eigenvalue weighted by Gasteiger charge is -2.08. The van der Waals surface area contributed by atoms with E-state index in [0.717, 1.165) is 0 Å². The second-order valence-electron chi connectivity index (χ2n) is 4.71. The van der Waals surface area contributed by atoms with E-state index in [-0.39, 0.29) is 5.69 Å². The van der Waals surface area contributed by atoms with Crippen molar-refractivity contribution in [1.29, 1.82) is 0 Å². The van der Waals surface area contributed by atoms with Gasteiger partial charge >= 0.3 is 5.97 Å². The molecule has 0 atom stereocenters. The predicted octanol–water partition coefficient (Wildman–Crippen LogP) is 3.78. The Balaban J connectivity index is 1.87. The average molecular weight is 396 g/mol. The molecule has 0 aliphatic carbocycles. The summed E-state index contributed by atoms with van der Waals surface area (Å²) in [7, 11) is 0. The summed E-state index contributed by atoms with van der Waals surface area (Å²) in [5.74, 6) is -1.23. The van der Waals surface area contributed by atoms with Crippen LogP contribution < -0.4 is 10.1 Å². The molecule has 0 spiro atoms. The third-order valence-electron chi connectivity index (χ3n) is 2.94. The normalized spacial score (nSPS) is 10.1. The second-order valence-corrected chi connectivity index (χ2v) is 5.62. The molecule has 0 aliphatic heterocycles. The molecule has 2 rings (SSSR count). The van der Waals surface area contributed by atoms with Crippen LogP contribution in [0.5, 0.6) is 5.75 Å². The van der Waals surface area contributed by atoms with Gasteiger partial charge < -0.3 is 14.8 Å². The van der Waals surface area contributed by atoms with Crippen molar-refractivity contribution in [3.63, 3.8) is 0 Å².